The lowest BCUT2D eigenvalue weighted by Crippen LogP contribution is -2.31. The lowest BCUT2D eigenvalue weighted by atomic mass is 9.94. The maximum atomic E-state index is 11.1. The SMILES string of the molecule is Cc1nc(Cl)c(C=O)c(NCCC2CCN(C)CC2)n1. The van der Waals surface area contributed by atoms with Gasteiger partial charge in [0.2, 0.25) is 0 Å². The van der Waals surface area contributed by atoms with Gasteiger partial charge in [-0.15, -0.1) is 0 Å². The van der Waals surface area contributed by atoms with Gasteiger partial charge in [0.15, 0.2) is 6.29 Å². The number of piperidine rings is 1. The molecule has 0 atom stereocenters. The first kappa shape index (κ1) is 15.2. The number of aryl methyl sites for hydroxylation is 1. The smallest absolute Gasteiger partial charge is 0.156 e. The predicted octanol–water partition coefficient (Wildman–Crippen LogP) is 2.39. The summed E-state index contributed by atoms with van der Waals surface area (Å²) in [6.07, 6.45) is 4.27. The Kier molecular flexibility index (Phi) is 5.31. The summed E-state index contributed by atoms with van der Waals surface area (Å²) in [5.41, 5.74) is 0.348. The van der Waals surface area contributed by atoms with Gasteiger partial charge in [0.25, 0.3) is 0 Å². The van der Waals surface area contributed by atoms with Crippen LogP contribution in [-0.4, -0.2) is 47.8 Å². The molecule has 110 valence electrons. The number of hydrogen-bond acceptors (Lipinski definition) is 5. The van der Waals surface area contributed by atoms with Crippen LogP contribution in [0.15, 0.2) is 0 Å². The van der Waals surface area contributed by atoms with Gasteiger partial charge in [-0.05, 0) is 52.2 Å². The average molecular weight is 297 g/mol. The summed E-state index contributed by atoms with van der Waals surface area (Å²) < 4.78 is 0. The van der Waals surface area contributed by atoms with Crippen LogP contribution in [-0.2, 0) is 0 Å². The zero-order chi connectivity index (χ0) is 14.5. The summed E-state index contributed by atoms with van der Waals surface area (Å²) in [4.78, 5) is 21.7. The van der Waals surface area contributed by atoms with Gasteiger partial charge in [-0.25, -0.2) is 9.97 Å². The van der Waals surface area contributed by atoms with Gasteiger partial charge in [-0.1, -0.05) is 11.6 Å². The Morgan fingerprint density at radius 3 is 2.75 bits per heavy atom. The van der Waals surface area contributed by atoms with Crippen molar-refractivity contribution in [1.29, 1.82) is 0 Å². The molecule has 0 saturated carbocycles. The van der Waals surface area contributed by atoms with Crippen molar-refractivity contribution in [3.05, 3.63) is 16.5 Å². The molecule has 0 unspecified atom stereocenters. The number of anilines is 1. The van der Waals surface area contributed by atoms with E-state index in [1.807, 2.05) is 0 Å². The normalized spacial score (nSPS) is 17.1. The second kappa shape index (κ2) is 6.99. The number of carbonyl (C=O) groups is 1. The number of carbonyl (C=O) groups excluding carboxylic acids is 1. The molecule has 2 heterocycles. The summed E-state index contributed by atoms with van der Waals surface area (Å²) in [5, 5.41) is 3.44. The van der Waals surface area contributed by atoms with E-state index < -0.39 is 0 Å². The van der Waals surface area contributed by atoms with Gasteiger partial charge >= 0.3 is 0 Å². The van der Waals surface area contributed by atoms with Crippen molar-refractivity contribution in [3.63, 3.8) is 0 Å². The standard InChI is InChI=1S/C14H21ClN4O/c1-10-17-13(15)12(9-20)14(18-10)16-6-3-11-4-7-19(2)8-5-11/h9,11H,3-8H2,1-2H3,(H,16,17,18). The number of likely N-dealkylation sites (tertiary alicyclic amines) is 1. The van der Waals surface area contributed by atoms with Gasteiger partial charge in [-0.2, -0.15) is 0 Å². The molecular formula is C14H21ClN4O. The van der Waals surface area contributed by atoms with Crippen LogP contribution in [0.1, 0.15) is 35.4 Å². The Bertz CT molecular complexity index is 472. The maximum absolute atomic E-state index is 11.1. The van der Waals surface area contributed by atoms with Crippen molar-refractivity contribution in [3.8, 4) is 0 Å². The van der Waals surface area contributed by atoms with Gasteiger partial charge in [0.05, 0.1) is 5.56 Å². The largest absolute Gasteiger partial charge is 0.369 e. The molecule has 0 bridgehead atoms. The van der Waals surface area contributed by atoms with Crippen molar-refractivity contribution < 1.29 is 4.79 Å². The Labute approximate surface area is 124 Å². The molecular weight excluding hydrogens is 276 g/mol. The fourth-order valence-electron chi connectivity index (χ4n) is 2.53. The van der Waals surface area contributed by atoms with Crippen LogP contribution in [0.2, 0.25) is 5.15 Å². The third kappa shape index (κ3) is 3.90. The van der Waals surface area contributed by atoms with E-state index in [9.17, 15) is 4.79 Å². The predicted molar refractivity (Wildman–Crippen MR) is 80.5 cm³/mol. The Morgan fingerprint density at radius 1 is 1.40 bits per heavy atom. The van der Waals surface area contributed by atoms with E-state index in [-0.39, 0.29) is 5.15 Å². The van der Waals surface area contributed by atoms with Crippen LogP contribution >= 0.6 is 11.6 Å². The fraction of sp³-hybridized carbons (Fsp3) is 0.643. The Balaban J connectivity index is 1.89. The number of hydrogen-bond donors (Lipinski definition) is 1. The lowest BCUT2D eigenvalue weighted by molar-refractivity contribution is 0.112. The van der Waals surface area contributed by atoms with Gasteiger partial charge in [-0.3, -0.25) is 4.79 Å². The van der Waals surface area contributed by atoms with Crippen LogP contribution in [0.25, 0.3) is 0 Å². The molecule has 20 heavy (non-hydrogen) atoms. The molecule has 6 heteroatoms. The van der Waals surface area contributed by atoms with Crippen molar-refractivity contribution in [2.24, 2.45) is 5.92 Å². The molecule has 0 aliphatic carbocycles. The summed E-state index contributed by atoms with van der Waals surface area (Å²) in [6.45, 7) is 4.91. The van der Waals surface area contributed by atoms with Crippen LogP contribution in [0.3, 0.4) is 0 Å². The van der Waals surface area contributed by atoms with Crippen LogP contribution in [0, 0.1) is 12.8 Å². The van der Waals surface area contributed by atoms with E-state index >= 15 is 0 Å². The van der Waals surface area contributed by atoms with Crippen molar-refractivity contribution in [2.45, 2.75) is 26.2 Å². The molecule has 1 saturated heterocycles. The van der Waals surface area contributed by atoms with Crippen molar-refractivity contribution in [2.75, 3.05) is 32.0 Å². The number of nitrogens with one attached hydrogen (secondary N) is 1. The Morgan fingerprint density at radius 2 is 2.10 bits per heavy atom. The molecule has 5 nitrogen and oxygen atoms in total. The second-order valence-corrected chi connectivity index (χ2v) is 5.76. The van der Waals surface area contributed by atoms with Gasteiger partial charge < -0.3 is 10.2 Å². The summed E-state index contributed by atoms with van der Waals surface area (Å²) in [6, 6.07) is 0. The summed E-state index contributed by atoms with van der Waals surface area (Å²) >= 11 is 5.95. The van der Waals surface area contributed by atoms with E-state index in [1.165, 1.54) is 25.9 Å². The highest BCUT2D eigenvalue weighted by atomic mass is 35.5. The minimum Gasteiger partial charge on any atom is -0.369 e. The number of nitrogens with zero attached hydrogens (tertiary/aromatic N) is 3. The molecule has 0 aromatic carbocycles. The van der Waals surface area contributed by atoms with E-state index in [2.05, 4.69) is 27.2 Å². The molecule has 0 spiro atoms. The van der Waals surface area contributed by atoms with Crippen LogP contribution in [0.4, 0.5) is 5.82 Å². The molecule has 2 rings (SSSR count). The first-order valence-electron chi connectivity index (χ1n) is 7.02. The molecule has 0 radical (unpaired) electrons. The molecule has 1 aliphatic rings. The first-order chi connectivity index (χ1) is 9.60. The van der Waals surface area contributed by atoms with E-state index in [4.69, 9.17) is 11.6 Å². The van der Waals surface area contributed by atoms with Gasteiger partial charge in [0, 0.05) is 6.54 Å². The van der Waals surface area contributed by atoms with E-state index in [0.717, 1.165) is 18.9 Å². The Hall–Kier alpha value is -1.20. The average Bonchev–Trinajstić information content (AvgIpc) is 2.40. The molecule has 0 amide bonds. The highest BCUT2D eigenvalue weighted by Crippen LogP contribution is 2.21. The highest BCUT2D eigenvalue weighted by molar-refractivity contribution is 6.32. The fourth-order valence-corrected chi connectivity index (χ4v) is 2.79. The molecule has 1 aliphatic heterocycles. The second-order valence-electron chi connectivity index (χ2n) is 5.40. The molecule has 1 aromatic rings. The quantitative estimate of drug-likeness (QED) is 0.668. The zero-order valence-corrected chi connectivity index (χ0v) is 12.8. The molecule has 1 aromatic heterocycles. The van der Waals surface area contributed by atoms with Gasteiger partial charge in [0.1, 0.15) is 16.8 Å². The maximum Gasteiger partial charge on any atom is 0.156 e. The number of rotatable bonds is 5. The minimum absolute atomic E-state index is 0.217. The molecule has 1 fully saturated rings. The van der Waals surface area contributed by atoms with Crippen LogP contribution in [0.5, 0.6) is 0 Å². The third-order valence-corrected chi connectivity index (χ3v) is 4.10. The number of aromatic nitrogens is 2. The first-order valence-corrected chi connectivity index (χ1v) is 7.39. The zero-order valence-electron chi connectivity index (χ0n) is 12.0. The number of halogens is 1. The lowest BCUT2D eigenvalue weighted by Gasteiger charge is -2.28. The monoisotopic (exact) mass is 296 g/mol. The number of aldehydes is 1. The van der Waals surface area contributed by atoms with E-state index in [1.54, 1.807) is 6.92 Å². The summed E-state index contributed by atoms with van der Waals surface area (Å²) in [5.74, 6) is 1.87. The highest BCUT2D eigenvalue weighted by Gasteiger charge is 2.17. The topological polar surface area (TPSA) is 58.1 Å². The van der Waals surface area contributed by atoms with E-state index in [0.29, 0.717) is 23.5 Å². The minimum atomic E-state index is 0.217. The van der Waals surface area contributed by atoms with Crippen molar-refractivity contribution >= 4 is 23.7 Å². The summed E-state index contributed by atoms with van der Waals surface area (Å²) in [7, 11) is 2.16. The van der Waals surface area contributed by atoms with Crippen molar-refractivity contribution in [1.82, 2.24) is 14.9 Å². The molecule has 1 N–H and O–H groups in total. The van der Waals surface area contributed by atoms with Crippen LogP contribution < -0.4 is 5.32 Å². The third-order valence-electron chi connectivity index (χ3n) is 3.81.